The summed E-state index contributed by atoms with van der Waals surface area (Å²) < 4.78 is 105. The number of nitrogens with zero attached hydrogens (tertiary/aromatic N) is 1. The average molecular weight is 613 g/mol. The Kier molecular flexibility index (Phi) is 20.9. The van der Waals surface area contributed by atoms with Crippen molar-refractivity contribution in [1.82, 2.24) is 4.98 Å². The second-order valence-corrected chi connectivity index (χ2v) is 8.38. The number of anilines is 1. The van der Waals surface area contributed by atoms with Gasteiger partial charge in [0.25, 0.3) is 5.91 Å². The maximum Gasteiger partial charge on any atom is 0.460 e. The van der Waals surface area contributed by atoms with E-state index in [0.717, 1.165) is 6.42 Å². The molecular formula is C26H42F8N3O2S+. The number of nitrogens with two attached hydrogens (primary N) is 1. The van der Waals surface area contributed by atoms with Gasteiger partial charge in [-0.05, 0) is 37.0 Å². The summed E-state index contributed by atoms with van der Waals surface area (Å²) in [5, 5.41) is 12.1. The predicted molar refractivity (Wildman–Crippen MR) is 145 cm³/mol. The fraction of sp³-hybridized carbons (Fsp3) is 0.615. The number of nitrogens with one attached hydrogen (secondary N) is 1. The van der Waals surface area contributed by atoms with E-state index < -0.39 is 41.1 Å². The molecule has 40 heavy (non-hydrogen) atoms. The van der Waals surface area contributed by atoms with Crippen LogP contribution in [0.25, 0.3) is 0 Å². The van der Waals surface area contributed by atoms with Gasteiger partial charge in [0.05, 0.1) is 18.7 Å². The quantitative estimate of drug-likeness (QED) is 0.154. The zero-order valence-corrected chi connectivity index (χ0v) is 25.4. The van der Waals surface area contributed by atoms with Crippen molar-refractivity contribution >= 4 is 23.5 Å². The number of hydrogen-bond donors (Lipinski definition) is 3. The second-order valence-electron chi connectivity index (χ2n) is 7.48. The Labute approximate surface area is 235 Å². The first-order valence-electron chi connectivity index (χ1n) is 12.6. The Morgan fingerprint density at radius 3 is 1.93 bits per heavy atom. The van der Waals surface area contributed by atoms with Crippen LogP contribution in [0.5, 0.6) is 0 Å². The second kappa shape index (κ2) is 19.8. The number of aliphatic hydroxyl groups is 1. The average Bonchev–Trinajstić information content (AvgIpc) is 2.91. The van der Waals surface area contributed by atoms with Crippen LogP contribution >= 0.6 is 11.8 Å². The highest BCUT2D eigenvalue weighted by Crippen LogP contribution is 2.51. The van der Waals surface area contributed by atoms with Crippen molar-refractivity contribution in [3.8, 4) is 0 Å². The van der Waals surface area contributed by atoms with Crippen LogP contribution in [0.3, 0.4) is 0 Å². The van der Waals surface area contributed by atoms with Crippen LogP contribution in [0.2, 0.25) is 0 Å². The van der Waals surface area contributed by atoms with Gasteiger partial charge in [-0.1, -0.05) is 41.5 Å². The number of carbonyl (C=O) groups excluding carboxylic acids is 1. The Balaban J connectivity index is -0.00000134. The van der Waals surface area contributed by atoms with Crippen molar-refractivity contribution in [2.75, 3.05) is 18.6 Å². The van der Waals surface area contributed by atoms with Gasteiger partial charge in [-0.2, -0.15) is 30.7 Å². The molecule has 14 heteroatoms. The predicted octanol–water partition coefficient (Wildman–Crippen LogP) is 7.40. The minimum atomic E-state index is -6.57. The van der Waals surface area contributed by atoms with Gasteiger partial charge in [0.2, 0.25) is 0 Å². The van der Waals surface area contributed by atoms with Gasteiger partial charge in [-0.25, -0.2) is 9.37 Å². The highest BCUT2D eigenvalue weighted by Gasteiger charge is 2.73. The molecule has 0 fully saturated rings. The number of quaternary nitrogens is 1. The molecule has 0 bridgehead atoms. The number of aromatic nitrogens is 1. The van der Waals surface area contributed by atoms with Crippen molar-refractivity contribution in [1.29, 1.82) is 0 Å². The summed E-state index contributed by atoms with van der Waals surface area (Å²) in [6.07, 6.45) is -2.25. The number of aliphatic hydroxyl groups excluding tert-OH is 1. The van der Waals surface area contributed by atoms with Crippen molar-refractivity contribution in [3.05, 3.63) is 45.9 Å². The molecule has 1 rings (SSSR count). The minimum Gasteiger partial charge on any atom is -0.393 e. The fourth-order valence-electron chi connectivity index (χ4n) is 2.26. The number of rotatable bonds is 9. The van der Waals surface area contributed by atoms with E-state index >= 15 is 0 Å². The van der Waals surface area contributed by atoms with E-state index in [1.165, 1.54) is 17.8 Å². The number of thioether (sulfide) groups is 1. The lowest BCUT2D eigenvalue weighted by Crippen LogP contribution is -2.76. The molecule has 1 amide bonds. The number of allylic oxidation sites excluding steroid dienone is 2. The van der Waals surface area contributed by atoms with Crippen LogP contribution in [0.15, 0.2) is 34.5 Å². The Hall–Kier alpha value is -2.19. The molecular weight excluding hydrogens is 570 g/mol. The molecule has 0 aliphatic carbocycles. The largest absolute Gasteiger partial charge is 0.460 e. The highest BCUT2D eigenvalue weighted by molar-refractivity contribution is 8.02. The third-order valence-corrected chi connectivity index (χ3v) is 5.72. The van der Waals surface area contributed by atoms with E-state index in [1.54, 1.807) is 39.4 Å². The lowest BCUT2D eigenvalue weighted by molar-refractivity contribution is -0.575. The SMILES string of the molecule is CC.CC.CC/C(SC)=C(\C=C(/C)[NH2+]C)C(=O)Nc1ncc(C(F)(F)C(F)(F)C(F)(F)F)cc1F.CCC(C)O. The number of hydrogen-bond acceptors (Lipinski definition) is 4. The van der Waals surface area contributed by atoms with Crippen molar-refractivity contribution in [3.63, 3.8) is 0 Å². The van der Waals surface area contributed by atoms with Crippen molar-refractivity contribution in [2.24, 2.45) is 0 Å². The molecule has 1 heterocycles. The Morgan fingerprint density at radius 1 is 1.12 bits per heavy atom. The number of alkyl halides is 7. The smallest absolute Gasteiger partial charge is 0.393 e. The molecule has 0 spiro atoms. The van der Waals surface area contributed by atoms with Crippen LogP contribution < -0.4 is 10.6 Å². The standard InChI is InChI=1S/C18H19F8N3OS.C4H10O.2C2H6/c1-5-13(31-4)11(6-9(2)27-3)15(30)29-14-12(19)7-10(8-28-14)16(20,21)17(22,23)18(24,25)26;1-3-4(2)5;2*1-2/h6-8,27H,5H2,1-4H3,(H,28,29,30);4-5H,3H2,1-2H3;2*1-2H3/p+1/b9-6+,13-11-;;;. The number of carbonyl (C=O) groups is 1. The van der Waals surface area contributed by atoms with Gasteiger partial charge in [0.1, 0.15) is 5.70 Å². The van der Waals surface area contributed by atoms with Crippen molar-refractivity contribution < 1.29 is 50.3 Å². The normalized spacial score (nSPS) is 13.3. The molecule has 1 aromatic rings. The molecule has 0 saturated heterocycles. The zero-order chi connectivity index (χ0) is 32.5. The number of amides is 1. The summed E-state index contributed by atoms with van der Waals surface area (Å²) in [5.74, 6) is -15.7. The summed E-state index contributed by atoms with van der Waals surface area (Å²) in [5.41, 5.74) is -1.18. The van der Waals surface area contributed by atoms with Crippen LogP contribution in [-0.4, -0.2) is 47.5 Å². The summed E-state index contributed by atoms with van der Waals surface area (Å²) in [6, 6.07) is -0.220. The Morgan fingerprint density at radius 2 is 1.60 bits per heavy atom. The van der Waals surface area contributed by atoms with Crippen LogP contribution in [0.4, 0.5) is 40.9 Å². The molecule has 4 N–H and O–H groups in total. The van der Waals surface area contributed by atoms with Crippen LogP contribution in [-0.2, 0) is 10.7 Å². The first-order chi connectivity index (χ1) is 18.4. The zero-order valence-electron chi connectivity index (χ0n) is 24.5. The highest BCUT2D eigenvalue weighted by atomic mass is 32.2. The van der Waals surface area contributed by atoms with Crippen LogP contribution in [0, 0.1) is 5.82 Å². The maximum absolute atomic E-state index is 14.2. The molecule has 1 atom stereocenters. The van der Waals surface area contributed by atoms with Gasteiger partial charge < -0.3 is 15.7 Å². The van der Waals surface area contributed by atoms with Gasteiger partial charge >= 0.3 is 18.0 Å². The van der Waals surface area contributed by atoms with Gasteiger partial charge in [0, 0.05) is 24.8 Å². The molecule has 0 saturated carbocycles. The van der Waals surface area contributed by atoms with E-state index in [0.29, 0.717) is 17.0 Å². The lowest BCUT2D eigenvalue weighted by atomic mass is 10.0. The molecule has 1 unspecified atom stereocenters. The minimum absolute atomic E-state index is 0.0437. The van der Waals surface area contributed by atoms with E-state index in [4.69, 9.17) is 5.11 Å². The molecule has 0 aromatic carbocycles. The van der Waals surface area contributed by atoms with Gasteiger partial charge in [-0.3, -0.25) is 4.79 Å². The first-order valence-corrected chi connectivity index (χ1v) is 13.9. The summed E-state index contributed by atoms with van der Waals surface area (Å²) in [6.45, 7) is 15.2. The number of pyridine rings is 1. The van der Waals surface area contributed by atoms with E-state index in [9.17, 15) is 39.9 Å². The maximum atomic E-state index is 14.2. The summed E-state index contributed by atoms with van der Waals surface area (Å²) in [4.78, 5) is 16.3. The van der Waals surface area contributed by atoms with Crippen LogP contribution in [0.1, 0.15) is 73.8 Å². The molecule has 0 aliphatic heterocycles. The van der Waals surface area contributed by atoms with E-state index in [-0.39, 0.29) is 23.9 Å². The first kappa shape index (κ1) is 42.3. The van der Waals surface area contributed by atoms with Crippen molar-refractivity contribution in [2.45, 2.75) is 92.4 Å². The van der Waals surface area contributed by atoms with E-state index in [1.807, 2.05) is 39.9 Å². The topological polar surface area (TPSA) is 78.8 Å². The third-order valence-electron chi connectivity index (χ3n) is 4.72. The summed E-state index contributed by atoms with van der Waals surface area (Å²) >= 11 is 1.24. The molecule has 234 valence electrons. The Bertz CT molecular complexity index is 944. The molecule has 1 aromatic heterocycles. The summed E-state index contributed by atoms with van der Waals surface area (Å²) in [7, 11) is 1.71. The van der Waals surface area contributed by atoms with Gasteiger partial charge in [0.15, 0.2) is 11.6 Å². The van der Waals surface area contributed by atoms with Gasteiger partial charge in [-0.15, -0.1) is 11.8 Å². The molecule has 0 aliphatic rings. The monoisotopic (exact) mass is 612 g/mol. The number of halogens is 8. The van der Waals surface area contributed by atoms with E-state index in [2.05, 4.69) is 4.98 Å². The fourth-order valence-corrected chi connectivity index (χ4v) is 2.92. The third kappa shape index (κ3) is 12.5. The lowest BCUT2D eigenvalue weighted by Gasteiger charge is -2.28. The molecule has 0 radical (unpaired) electrons. The molecule has 5 nitrogen and oxygen atoms in total.